The highest BCUT2D eigenvalue weighted by atomic mass is 19.1. The molecule has 21 heavy (non-hydrogen) atoms. The van der Waals surface area contributed by atoms with Crippen molar-refractivity contribution in [2.45, 2.75) is 39.2 Å². The lowest BCUT2D eigenvalue weighted by Crippen LogP contribution is -2.53. The number of amides is 1. The van der Waals surface area contributed by atoms with Crippen LogP contribution >= 0.6 is 0 Å². The Morgan fingerprint density at radius 2 is 2.10 bits per heavy atom. The van der Waals surface area contributed by atoms with E-state index in [9.17, 15) is 9.18 Å². The molecule has 2 rings (SSSR count). The van der Waals surface area contributed by atoms with Gasteiger partial charge in [0.15, 0.2) is 0 Å². The summed E-state index contributed by atoms with van der Waals surface area (Å²) < 4.78 is 12.9. The van der Waals surface area contributed by atoms with Gasteiger partial charge in [-0.15, -0.1) is 0 Å². The van der Waals surface area contributed by atoms with Crippen molar-refractivity contribution in [3.8, 4) is 0 Å². The van der Waals surface area contributed by atoms with Crippen LogP contribution in [0.3, 0.4) is 0 Å². The van der Waals surface area contributed by atoms with Gasteiger partial charge in [-0.05, 0) is 42.9 Å². The van der Waals surface area contributed by atoms with Crippen LogP contribution in [0.4, 0.5) is 4.39 Å². The zero-order valence-electron chi connectivity index (χ0n) is 12.9. The first-order chi connectivity index (χ1) is 10.0. The SMILES string of the molecule is C[C@H](Cc1ccc(F)cc1)C(=O)N1CCC[C@@H](C)[C@H]1CN. The van der Waals surface area contributed by atoms with Gasteiger partial charge in [-0.1, -0.05) is 26.0 Å². The van der Waals surface area contributed by atoms with E-state index in [1.807, 2.05) is 11.8 Å². The summed E-state index contributed by atoms with van der Waals surface area (Å²) in [5.41, 5.74) is 6.85. The lowest BCUT2D eigenvalue weighted by atomic mass is 9.89. The van der Waals surface area contributed by atoms with Gasteiger partial charge >= 0.3 is 0 Å². The molecule has 0 aromatic heterocycles. The summed E-state index contributed by atoms with van der Waals surface area (Å²) in [4.78, 5) is 14.6. The average Bonchev–Trinajstić information content (AvgIpc) is 2.48. The van der Waals surface area contributed by atoms with Gasteiger partial charge in [0, 0.05) is 25.0 Å². The molecule has 0 aliphatic carbocycles. The molecule has 4 heteroatoms. The van der Waals surface area contributed by atoms with Crippen LogP contribution in [-0.4, -0.2) is 29.9 Å². The summed E-state index contributed by atoms with van der Waals surface area (Å²) in [6, 6.07) is 6.54. The largest absolute Gasteiger partial charge is 0.338 e. The fraction of sp³-hybridized carbons (Fsp3) is 0.588. The summed E-state index contributed by atoms with van der Waals surface area (Å²) in [6.45, 7) is 5.44. The molecule has 1 saturated heterocycles. The summed E-state index contributed by atoms with van der Waals surface area (Å²) in [6.07, 6.45) is 2.83. The number of benzene rings is 1. The van der Waals surface area contributed by atoms with Crippen molar-refractivity contribution < 1.29 is 9.18 Å². The summed E-state index contributed by atoms with van der Waals surface area (Å²) in [5.74, 6) is 0.285. The number of hydrogen-bond acceptors (Lipinski definition) is 2. The van der Waals surface area contributed by atoms with Gasteiger partial charge < -0.3 is 10.6 Å². The molecule has 116 valence electrons. The molecule has 1 aliphatic heterocycles. The fourth-order valence-electron chi connectivity index (χ4n) is 3.23. The van der Waals surface area contributed by atoms with Gasteiger partial charge in [0.2, 0.25) is 5.91 Å². The molecule has 0 bridgehead atoms. The van der Waals surface area contributed by atoms with Crippen LogP contribution in [0.2, 0.25) is 0 Å². The van der Waals surface area contributed by atoms with Gasteiger partial charge in [0.05, 0.1) is 0 Å². The zero-order chi connectivity index (χ0) is 15.4. The fourth-order valence-corrected chi connectivity index (χ4v) is 3.23. The van der Waals surface area contributed by atoms with Gasteiger partial charge in [-0.2, -0.15) is 0 Å². The van der Waals surface area contributed by atoms with E-state index in [1.54, 1.807) is 12.1 Å². The number of nitrogens with zero attached hydrogens (tertiary/aromatic N) is 1. The average molecular weight is 292 g/mol. The summed E-state index contributed by atoms with van der Waals surface area (Å²) in [7, 11) is 0. The Hall–Kier alpha value is -1.42. The van der Waals surface area contributed by atoms with Crippen LogP contribution in [0.1, 0.15) is 32.3 Å². The quantitative estimate of drug-likeness (QED) is 0.927. The smallest absolute Gasteiger partial charge is 0.226 e. The van der Waals surface area contributed by atoms with Crippen molar-refractivity contribution in [2.24, 2.45) is 17.6 Å². The van der Waals surface area contributed by atoms with Crippen LogP contribution < -0.4 is 5.73 Å². The maximum atomic E-state index is 12.9. The van der Waals surface area contributed by atoms with Crippen molar-refractivity contribution in [2.75, 3.05) is 13.1 Å². The van der Waals surface area contributed by atoms with E-state index in [1.165, 1.54) is 12.1 Å². The molecule has 1 fully saturated rings. The van der Waals surface area contributed by atoms with E-state index in [0.717, 1.165) is 24.9 Å². The molecule has 0 radical (unpaired) electrons. The third-order valence-electron chi connectivity index (χ3n) is 4.52. The zero-order valence-corrected chi connectivity index (χ0v) is 12.9. The second kappa shape index (κ2) is 7.03. The highest BCUT2D eigenvalue weighted by Gasteiger charge is 2.32. The Balaban J connectivity index is 2.02. The molecule has 0 spiro atoms. The van der Waals surface area contributed by atoms with Crippen molar-refractivity contribution in [3.05, 3.63) is 35.6 Å². The van der Waals surface area contributed by atoms with Crippen molar-refractivity contribution in [1.29, 1.82) is 0 Å². The topological polar surface area (TPSA) is 46.3 Å². The number of carbonyl (C=O) groups is 1. The first-order valence-corrected chi connectivity index (χ1v) is 7.78. The maximum Gasteiger partial charge on any atom is 0.226 e. The van der Waals surface area contributed by atoms with Crippen LogP contribution in [0.25, 0.3) is 0 Å². The second-order valence-corrected chi connectivity index (χ2v) is 6.19. The van der Waals surface area contributed by atoms with E-state index in [0.29, 0.717) is 18.9 Å². The lowest BCUT2D eigenvalue weighted by molar-refractivity contribution is -0.139. The molecule has 0 unspecified atom stereocenters. The van der Waals surface area contributed by atoms with E-state index in [2.05, 4.69) is 6.92 Å². The number of rotatable bonds is 4. The number of carbonyl (C=O) groups excluding carboxylic acids is 1. The monoisotopic (exact) mass is 292 g/mol. The molecule has 3 nitrogen and oxygen atoms in total. The van der Waals surface area contributed by atoms with Gasteiger partial charge in [-0.3, -0.25) is 4.79 Å². The molecule has 2 N–H and O–H groups in total. The molecular formula is C17H25FN2O. The summed E-state index contributed by atoms with van der Waals surface area (Å²) >= 11 is 0. The number of likely N-dealkylation sites (tertiary alicyclic amines) is 1. The number of hydrogen-bond donors (Lipinski definition) is 1. The summed E-state index contributed by atoms with van der Waals surface area (Å²) in [5, 5.41) is 0. The minimum Gasteiger partial charge on any atom is -0.338 e. The van der Waals surface area contributed by atoms with Crippen LogP contribution in [0.15, 0.2) is 24.3 Å². The molecule has 1 aliphatic rings. The van der Waals surface area contributed by atoms with Gasteiger partial charge in [0.1, 0.15) is 5.82 Å². The number of piperidine rings is 1. The third kappa shape index (κ3) is 3.82. The molecule has 1 heterocycles. The number of halogens is 1. The van der Waals surface area contributed by atoms with Gasteiger partial charge in [0.25, 0.3) is 0 Å². The molecular weight excluding hydrogens is 267 g/mol. The second-order valence-electron chi connectivity index (χ2n) is 6.19. The lowest BCUT2D eigenvalue weighted by Gasteiger charge is -2.40. The standard InChI is InChI=1S/C17H25FN2O/c1-12-4-3-9-20(16(12)11-19)17(21)13(2)10-14-5-7-15(18)8-6-14/h5-8,12-13,16H,3-4,9-11,19H2,1-2H3/t12-,13-,16-/m1/s1. The van der Waals surface area contributed by atoms with Crippen LogP contribution in [0.5, 0.6) is 0 Å². The molecule has 1 aromatic rings. The number of nitrogens with two attached hydrogens (primary N) is 1. The van der Waals surface area contributed by atoms with Crippen LogP contribution in [0, 0.1) is 17.7 Å². The highest BCUT2D eigenvalue weighted by molar-refractivity contribution is 5.79. The molecule has 0 saturated carbocycles. The Morgan fingerprint density at radius 3 is 2.71 bits per heavy atom. The minimum atomic E-state index is -0.245. The first kappa shape index (κ1) is 16.0. The Labute approximate surface area is 126 Å². The predicted molar refractivity (Wildman–Crippen MR) is 82.2 cm³/mol. The van der Waals surface area contributed by atoms with Crippen molar-refractivity contribution in [3.63, 3.8) is 0 Å². The van der Waals surface area contributed by atoms with Gasteiger partial charge in [-0.25, -0.2) is 4.39 Å². The Kier molecular flexibility index (Phi) is 5.34. The predicted octanol–water partition coefficient (Wildman–Crippen LogP) is 2.59. The molecule has 1 amide bonds. The maximum absolute atomic E-state index is 12.9. The Morgan fingerprint density at radius 1 is 1.43 bits per heavy atom. The van der Waals surface area contributed by atoms with Crippen LogP contribution in [-0.2, 0) is 11.2 Å². The molecule has 1 aromatic carbocycles. The normalized spacial score (nSPS) is 23.9. The third-order valence-corrected chi connectivity index (χ3v) is 4.52. The van der Waals surface area contributed by atoms with E-state index >= 15 is 0 Å². The van der Waals surface area contributed by atoms with E-state index in [4.69, 9.17) is 5.73 Å². The minimum absolute atomic E-state index is 0.102. The van der Waals surface area contributed by atoms with E-state index in [-0.39, 0.29) is 23.7 Å². The Bertz CT molecular complexity index is 474. The van der Waals surface area contributed by atoms with Crippen molar-refractivity contribution >= 4 is 5.91 Å². The first-order valence-electron chi connectivity index (χ1n) is 7.78. The van der Waals surface area contributed by atoms with Crippen molar-refractivity contribution in [1.82, 2.24) is 4.90 Å². The van der Waals surface area contributed by atoms with E-state index < -0.39 is 0 Å². The molecule has 3 atom stereocenters. The highest BCUT2D eigenvalue weighted by Crippen LogP contribution is 2.25.